The number of allylic oxidation sites excluding steroid dienone is 10. The minimum absolute atomic E-state index is 0.0798. The smallest absolute Gasteiger partial charge is 0.306 e. The Morgan fingerprint density at radius 2 is 0.565 bits per heavy atom. The van der Waals surface area contributed by atoms with Gasteiger partial charge in [-0.2, -0.15) is 0 Å². The Balaban J connectivity index is 4.36. The Bertz CT molecular complexity index is 1250. The number of carbonyl (C=O) groups is 3. The van der Waals surface area contributed by atoms with Crippen molar-refractivity contribution in [2.45, 2.75) is 309 Å². The second kappa shape index (κ2) is 57.7. The van der Waals surface area contributed by atoms with Crippen molar-refractivity contribution in [1.82, 2.24) is 0 Å². The summed E-state index contributed by atoms with van der Waals surface area (Å²) in [6.45, 7) is 6.52. The predicted octanol–water partition coefficient (Wildman–Crippen LogP) is 20.0. The van der Waals surface area contributed by atoms with Crippen molar-refractivity contribution in [2.24, 2.45) is 0 Å². The number of carbonyl (C=O) groups excluding carboxylic acids is 3. The Morgan fingerprint density at radius 3 is 0.913 bits per heavy atom. The number of esters is 3. The average molecular weight is 966 g/mol. The van der Waals surface area contributed by atoms with Crippen molar-refractivity contribution >= 4 is 17.9 Å². The van der Waals surface area contributed by atoms with Crippen molar-refractivity contribution < 1.29 is 28.6 Å². The summed E-state index contributed by atoms with van der Waals surface area (Å²) < 4.78 is 16.9. The van der Waals surface area contributed by atoms with E-state index >= 15 is 0 Å². The molecule has 0 unspecified atom stereocenters. The van der Waals surface area contributed by atoms with Crippen LogP contribution in [0.2, 0.25) is 0 Å². The first-order valence-electron chi connectivity index (χ1n) is 29.8. The van der Waals surface area contributed by atoms with E-state index in [1.165, 1.54) is 161 Å². The molecule has 69 heavy (non-hydrogen) atoms. The highest BCUT2D eigenvalue weighted by molar-refractivity contribution is 5.71. The molecule has 0 aromatic carbocycles. The van der Waals surface area contributed by atoms with Gasteiger partial charge in [-0.15, -0.1) is 0 Å². The lowest BCUT2D eigenvalue weighted by molar-refractivity contribution is -0.167. The normalized spacial score (nSPS) is 12.4. The molecule has 0 spiro atoms. The summed E-state index contributed by atoms with van der Waals surface area (Å²) in [6, 6.07) is 0. The van der Waals surface area contributed by atoms with Crippen LogP contribution in [0.1, 0.15) is 303 Å². The molecule has 0 heterocycles. The zero-order valence-corrected chi connectivity index (χ0v) is 45.8. The van der Waals surface area contributed by atoms with Crippen LogP contribution >= 0.6 is 0 Å². The molecule has 0 fully saturated rings. The lowest BCUT2D eigenvalue weighted by atomic mass is 10.0. The molecule has 6 nitrogen and oxygen atoms in total. The van der Waals surface area contributed by atoms with E-state index in [1.54, 1.807) is 0 Å². The van der Waals surface area contributed by atoms with Gasteiger partial charge in [0.1, 0.15) is 13.2 Å². The summed E-state index contributed by atoms with van der Waals surface area (Å²) in [6.07, 6.45) is 72.1. The van der Waals surface area contributed by atoms with Gasteiger partial charge in [-0.1, -0.05) is 261 Å². The molecule has 6 heteroatoms. The van der Waals surface area contributed by atoms with E-state index in [1.807, 2.05) is 0 Å². The van der Waals surface area contributed by atoms with Crippen LogP contribution in [0, 0.1) is 0 Å². The largest absolute Gasteiger partial charge is 0.462 e. The summed E-state index contributed by atoms with van der Waals surface area (Å²) in [5.74, 6) is -0.887. The van der Waals surface area contributed by atoms with Crippen LogP contribution in [0.25, 0.3) is 0 Å². The molecule has 400 valence electrons. The highest BCUT2D eigenvalue weighted by Crippen LogP contribution is 2.16. The van der Waals surface area contributed by atoms with Gasteiger partial charge in [0.05, 0.1) is 0 Å². The molecule has 0 radical (unpaired) electrons. The Labute approximate surface area is 428 Å². The van der Waals surface area contributed by atoms with E-state index in [0.29, 0.717) is 19.3 Å². The van der Waals surface area contributed by atoms with Gasteiger partial charge in [0, 0.05) is 19.3 Å². The summed E-state index contributed by atoms with van der Waals surface area (Å²) in [7, 11) is 0. The third-order valence-corrected chi connectivity index (χ3v) is 13.0. The van der Waals surface area contributed by atoms with Gasteiger partial charge in [0.2, 0.25) is 0 Å². The summed E-state index contributed by atoms with van der Waals surface area (Å²) >= 11 is 0. The first kappa shape index (κ1) is 66.1. The molecule has 0 N–H and O–H groups in total. The van der Waals surface area contributed by atoms with Gasteiger partial charge >= 0.3 is 17.9 Å². The standard InChI is InChI=1S/C63H112O6/c1-4-7-10-13-16-19-22-25-28-30-31-33-36-38-41-44-47-50-53-56-62(65)68-59-60(69-63(66)57-54-51-48-45-42-39-34-27-24-21-18-15-12-9-6-3)58-67-61(64)55-52-49-46-43-40-37-35-32-29-26-23-20-17-14-11-8-5-2/h9,12,16,18-19,21,25,27-28,34,60H,4-8,10-11,13-15,17,20,22-24,26,29-33,35-59H2,1-3H3/b12-9-,19-16-,21-18-,28-25-,34-27-/t60-/m0/s1. The maximum absolute atomic E-state index is 12.9. The van der Waals surface area contributed by atoms with Gasteiger partial charge in [-0.25, -0.2) is 0 Å². The molecule has 1 atom stereocenters. The van der Waals surface area contributed by atoms with Crippen molar-refractivity contribution in [1.29, 1.82) is 0 Å². The van der Waals surface area contributed by atoms with Crippen LogP contribution in [0.5, 0.6) is 0 Å². The van der Waals surface area contributed by atoms with Crippen LogP contribution in [-0.2, 0) is 28.6 Å². The van der Waals surface area contributed by atoms with Crippen molar-refractivity contribution in [3.05, 3.63) is 60.8 Å². The fourth-order valence-electron chi connectivity index (χ4n) is 8.55. The maximum Gasteiger partial charge on any atom is 0.306 e. The quantitative estimate of drug-likeness (QED) is 0.0262. The average Bonchev–Trinajstić information content (AvgIpc) is 3.35. The SMILES string of the molecule is CC/C=C\C/C=C\C/C=C\CCCCCCCC(=O)O[C@H](COC(=O)CCCCCCCCCCC/C=C\C/C=C\CCCCC)COC(=O)CCCCCCCCCCCCCCCCCCC. The Kier molecular flexibility index (Phi) is 55.3. The van der Waals surface area contributed by atoms with E-state index in [9.17, 15) is 14.4 Å². The second-order valence-electron chi connectivity index (χ2n) is 19.9. The van der Waals surface area contributed by atoms with Crippen molar-refractivity contribution in [3.8, 4) is 0 Å². The third-order valence-electron chi connectivity index (χ3n) is 13.0. The zero-order valence-electron chi connectivity index (χ0n) is 45.8. The van der Waals surface area contributed by atoms with E-state index in [2.05, 4.69) is 81.5 Å². The highest BCUT2D eigenvalue weighted by atomic mass is 16.6. The van der Waals surface area contributed by atoms with E-state index in [-0.39, 0.29) is 31.1 Å². The number of hydrogen-bond acceptors (Lipinski definition) is 6. The van der Waals surface area contributed by atoms with E-state index in [0.717, 1.165) is 103 Å². The minimum Gasteiger partial charge on any atom is -0.462 e. The number of unbranched alkanes of at least 4 members (excludes halogenated alkanes) is 33. The molecule has 0 amide bonds. The number of rotatable bonds is 54. The Hall–Kier alpha value is -2.89. The van der Waals surface area contributed by atoms with Gasteiger partial charge in [-0.05, 0) is 83.5 Å². The van der Waals surface area contributed by atoms with E-state index < -0.39 is 6.10 Å². The molecular formula is C63H112O6. The third kappa shape index (κ3) is 55.9. The van der Waals surface area contributed by atoms with Gasteiger partial charge in [0.15, 0.2) is 6.10 Å². The predicted molar refractivity (Wildman–Crippen MR) is 298 cm³/mol. The molecule has 0 aliphatic rings. The van der Waals surface area contributed by atoms with Crippen LogP contribution in [0.4, 0.5) is 0 Å². The molecule has 0 aliphatic carbocycles. The fraction of sp³-hybridized carbons (Fsp3) is 0.794. The molecule has 0 aromatic rings. The van der Waals surface area contributed by atoms with Gasteiger partial charge in [-0.3, -0.25) is 14.4 Å². The molecule has 0 aromatic heterocycles. The molecule has 0 aliphatic heterocycles. The van der Waals surface area contributed by atoms with Gasteiger partial charge in [0.25, 0.3) is 0 Å². The molecule has 0 saturated carbocycles. The summed E-state index contributed by atoms with van der Waals surface area (Å²) in [4.78, 5) is 38.2. The topological polar surface area (TPSA) is 78.9 Å². The summed E-state index contributed by atoms with van der Waals surface area (Å²) in [5, 5.41) is 0. The highest BCUT2D eigenvalue weighted by Gasteiger charge is 2.19. The fourth-order valence-corrected chi connectivity index (χ4v) is 8.55. The van der Waals surface area contributed by atoms with Gasteiger partial charge < -0.3 is 14.2 Å². The first-order valence-corrected chi connectivity index (χ1v) is 29.8. The number of hydrogen-bond donors (Lipinski definition) is 0. The van der Waals surface area contributed by atoms with Crippen molar-refractivity contribution in [2.75, 3.05) is 13.2 Å². The second-order valence-corrected chi connectivity index (χ2v) is 19.9. The first-order chi connectivity index (χ1) is 34.0. The lowest BCUT2D eigenvalue weighted by Crippen LogP contribution is -2.30. The molecular weight excluding hydrogens is 853 g/mol. The van der Waals surface area contributed by atoms with Crippen LogP contribution in [0.15, 0.2) is 60.8 Å². The lowest BCUT2D eigenvalue weighted by Gasteiger charge is -2.18. The van der Waals surface area contributed by atoms with Crippen LogP contribution in [0.3, 0.4) is 0 Å². The molecule has 0 bridgehead atoms. The van der Waals surface area contributed by atoms with Crippen molar-refractivity contribution in [3.63, 3.8) is 0 Å². The number of ether oxygens (including phenoxy) is 3. The van der Waals surface area contributed by atoms with Crippen LogP contribution < -0.4 is 0 Å². The monoisotopic (exact) mass is 965 g/mol. The molecule has 0 saturated heterocycles. The van der Waals surface area contributed by atoms with Crippen LogP contribution in [-0.4, -0.2) is 37.2 Å². The molecule has 0 rings (SSSR count). The maximum atomic E-state index is 12.9. The van der Waals surface area contributed by atoms with E-state index in [4.69, 9.17) is 14.2 Å². The summed E-state index contributed by atoms with van der Waals surface area (Å²) in [5.41, 5.74) is 0. The zero-order chi connectivity index (χ0) is 50.0. The Morgan fingerprint density at radius 1 is 0.304 bits per heavy atom. The minimum atomic E-state index is -0.784.